The van der Waals surface area contributed by atoms with Crippen molar-refractivity contribution in [1.82, 2.24) is 0 Å². The Balaban J connectivity index is 5.69. The van der Waals surface area contributed by atoms with Crippen LogP contribution >= 0.6 is 0 Å². The summed E-state index contributed by atoms with van der Waals surface area (Å²) < 4.78 is 184. The van der Waals surface area contributed by atoms with Crippen LogP contribution in [0.2, 0.25) is 0 Å². The molecule has 0 aliphatic heterocycles. The maximum atomic E-state index is 13.9. The Morgan fingerprint density at radius 2 is 1.07 bits per heavy atom. The van der Waals surface area contributed by atoms with Crippen molar-refractivity contribution in [2.24, 2.45) is 17.8 Å². The first-order valence-electron chi connectivity index (χ1n) is 11.1. The molecule has 0 aromatic rings. The van der Waals surface area contributed by atoms with Crippen LogP contribution in [0.15, 0.2) is 0 Å². The molecule has 3 atom stereocenters. The number of rotatable bonds is 15. The molecule has 3 unspecified atom stereocenters. The molecule has 0 aliphatic carbocycles. The number of halogens is 13. The van der Waals surface area contributed by atoms with Crippen LogP contribution in [0.25, 0.3) is 0 Å². The molecular formula is C21H25F13O6. The van der Waals surface area contributed by atoms with Gasteiger partial charge in [0.15, 0.2) is 0 Å². The van der Waals surface area contributed by atoms with E-state index in [0.29, 0.717) is 0 Å². The summed E-state index contributed by atoms with van der Waals surface area (Å²) in [5.41, 5.74) is 0. The van der Waals surface area contributed by atoms with E-state index in [2.05, 4.69) is 14.2 Å². The van der Waals surface area contributed by atoms with Gasteiger partial charge >= 0.3 is 53.7 Å². The highest BCUT2D eigenvalue weighted by Crippen LogP contribution is 2.60. The van der Waals surface area contributed by atoms with E-state index in [9.17, 15) is 71.5 Å². The number of ether oxygens (including phenoxy) is 3. The van der Waals surface area contributed by atoms with Gasteiger partial charge in [0.05, 0.1) is 45.0 Å². The van der Waals surface area contributed by atoms with Crippen LogP contribution in [0.5, 0.6) is 0 Å². The predicted molar refractivity (Wildman–Crippen MR) is 106 cm³/mol. The van der Waals surface area contributed by atoms with Gasteiger partial charge in [0.25, 0.3) is 0 Å². The van der Waals surface area contributed by atoms with Crippen molar-refractivity contribution >= 4 is 17.9 Å². The summed E-state index contributed by atoms with van der Waals surface area (Å²) in [7, 11) is 1.99. The fraction of sp³-hybridized carbons (Fsp3) is 0.857. The average Bonchev–Trinajstić information content (AvgIpc) is 2.83. The second-order valence-corrected chi connectivity index (χ2v) is 8.64. The van der Waals surface area contributed by atoms with E-state index in [1.165, 1.54) is 13.8 Å². The van der Waals surface area contributed by atoms with Crippen molar-refractivity contribution in [3.63, 3.8) is 0 Å². The minimum atomic E-state index is -8.03. The lowest BCUT2D eigenvalue weighted by Gasteiger charge is -2.39. The Labute approximate surface area is 218 Å². The first-order chi connectivity index (χ1) is 17.8. The van der Waals surface area contributed by atoms with Crippen LogP contribution in [-0.4, -0.2) is 74.5 Å². The Kier molecular flexibility index (Phi) is 12.2. The molecule has 40 heavy (non-hydrogen) atoms. The van der Waals surface area contributed by atoms with Crippen LogP contribution in [0.3, 0.4) is 0 Å². The van der Waals surface area contributed by atoms with Crippen molar-refractivity contribution in [3.8, 4) is 0 Å². The number of hydrogen-bond donors (Lipinski definition) is 0. The molecule has 0 aromatic heterocycles. The molecule has 0 N–H and O–H groups in total. The van der Waals surface area contributed by atoms with E-state index < -0.39 is 90.9 Å². The minimum Gasteiger partial charge on any atom is -0.469 e. The zero-order valence-corrected chi connectivity index (χ0v) is 21.1. The van der Waals surface area contributed by atoms with Crippen molar-refractivity contribution in [3.05, 3.63) is 0 Å². The predicted octanol–water partition coefficient (Wildman–Crippen LogP) is 6.06. The van der Waals surface area contributed by atoms with E-state index in [1.54, 1.807) is 0 Å². The largest absolute Gasteiger partial charge is 0.469 e. The van der Waals surface area contributed by atoms with Gasteiger partial charge in [0.2, 0.25) is 0 Å². The Hall–Kier alpha value is -2.50. The molecule has 0 saturated heterocycles. The molecular weight excluding hydrogens is 595 g/mol. The van der Waals surface area contributed by atoms with Gasteiger partial charge < -0.3 is 14.2 Å². The van der Waals surface area contributed by atoms with Crippen molar-refractivity contribution in [2.75, 3.05) is 20.8 Å². The summed E-state index contributed by atoms with van der Waals surface area (Å²) in [6.07, 6.45) is -11.1. The monoisotopic (exact) mass is 620 g/mol. The van der Waals surface area contributed by atoms with E-state index in [-0.39, 0.29) is 12.8 Å². The number of carbonyl (C=O) groups is 3. The highest BCUT2D eigenvalue weighted by molar-refractivity contribution is 5.77. The SMILES string of the molecule is CCC(CC(CC(C)C(=O)OC)C(=O)OC)C(=O)OCCC(F)(F)C(F)(F)C(F)(F)C(F)(F)C(F)(F)C(F)(F)F. The molecule has 0 amide bonds. The summed E-state index contributed by atoms with van der Waals surface area (Å²) in [6, 6.07) is 0. The number of hydrogen-bond acceptors (Lipinski definition) is 6. The van der Waals surface area contributed by atoms with Crippen LogP contribution < -0.4 is 0 Å². The van der Waals surface area contributed by atoms with E-state index in [4.69, 9.17) is 0 Å². The van der Waals surface area contributed by atoms with Crippen molar-refractivity contribution in [1.29, 1.82) is 0 Å². The fourth-order valence-electron chi connectivity index (χ4n) is 3.31. The van der Waals surface area contributed by atoms with Crippen LogP contribution in [-0.2, 0) is 28.6 Å². The number of carbonyl (C=O) groups excluding carboxylic acids is 3. The second-order valence-electron chi connectivity index (χ2n) is 8.64. The molecule has 19 heteroatoms. The summed E-state index contributed by atoms with van der Waals surface area (Å²) in [5, 5.41) is 0. The van der Waals surface area contributed by atoms with E-state index in [1.807, 2.05) is 0 Å². The zero-order valence-electron chi connectivity index (χ0n) is 21.1. The zero-order chi connectivity index (χ0) is 32.1. The lowest BCUT2D eigenvalue weighted by atomic mass is 9.86. The van der Waals surface area contributed by atoms with Crippen molar-refractivity contribution in [2.45, 2.75) is 75.3 Å². The lowest BCUT2D eigenvalue weighted by molar-refractivity contribution is -0.440. The molecule has 236 valence electrons. The fourth-order valence-corrected chi connectivity index (χ4v) is 3.31. The maximum absolute atomic E-state index is 13.9. The van der Waals surface area contributed by atoms with Gasteiger partial charge in [-0.25, -0.2) is 0 Å². The Morgan fingerprint density at radius 3 is 1.48 bits per heavy atom. The number of alkyl halides is 13. The molecule has 0 heterocycles. The molecule has 0 rings (SSSR count). The number of methoxy groups -OCH3 is 2. The number of esters is 3. The lowest BCUT2D eigenvalue weighted by Crippen LogP contribution is -2.70. The third-order valence-electron chi connectivity index (χ3n) is 5.83. The van der Waals surface area contributed by atoms with Gasteiger partial charge in [-0.05, 0) is 19.3 Å². The summed E-state index contributed by atoms with van der Waals surface area (Å²) in [6.45, 7) is 0.736. The van der Waals surface area contributed by atoms with E-state index >= 15 is 0 Å². The summed E-state index contributed by atoms with van der Waals surface area (Å²) in [4.78, 5) is 35.9. The van der Waals surface area contributed by atoms with E-state index in [0.717, 1.165) is 14.2 Å². The summed E-state index contributed by atoms with van der Waals surface area (Å²) >= 11 is 0. The first kappa shape index (κ1) is 37.5. The highest BCUT2D eigenvalue weighted by atomic mass is 19.4. The topological polar surface area (TPSA) is 78.9 Å². The molecule has 6 nitrogen and oxygen atoms in total. The van der Waals surface area contributed by atoms with Crippen molar-refractivity contribution < 1.29 is 85.7 Å². The van der Waals surface area contributed by atoms with Gasteiger partial charge in [0, 0.05) is 0 Å². The molecule has 0 aliphatic rings. The maximum Gasteiger partial charge on any atom is 0.460 e. The van der Waals surface area contributed by atoms with Crippen LogP contribution in [0.1, 0.15) is 39.5 Å². The Bertz CT molecular complexity index is 889. The van der Waals surface area contributed by atoms with Gasteiger partial charge in [0.1, 0.15) is 0 Å². The van der Waals surface area contributed by atoms with Gasteiger partial charge in [-0.1, -0.05) is 13.8 Å². The Morgan fingerprint density at radius 1 is 0.625 bits per heavy atom. The second kappa shape index (κ2) is 13.0. The molecule has 0 radical (unpaired) electrons. The molecule has 0 saturated carbocycles. The van der Waals surface area contributed by atoms with Gasteiger partial charge in [-0.2, -0.15) is 57.1 Å². The molecule has 0 fully saturated rings. The normalized spacial score (nSPS) is 16.1. The molecule has 0 aromatic carbocycles. The first-order valence-corrected chi connectivity index (χ1v) is 11.1. The van der Waals surface area contributed by atoms with Crippen LogP contribution in [0.4, 0.5) is 57.1 Å². The third kappa shape index (κ3) is 7.41. The minimum absolute atomic E-state index is 0.206. The standard InChI is InChI=1S/C21H25F13O6/c1-5-11(9-12(14(36)39-4)8-10(2)13(35)38-3)15(37)40-7-6-16(22,23)17(24,25)18(26,27)19(28,29)20(30,31)21(32,33)34/h10-12H,5-9H2,1-4H3. The molecule has 0 spiro atoms. The third-order valence-corrected chi connectivity index (χ3v) is 5.83. The summed E-state index contributed by atoms with van der Waals surface area (Å²) in [5.74, 6) is -44.4. The highest BCUT2D eigenvalue weighted by Gasteiger charge is 2.90. The molecule has 0 bridgehead atoms. The van der Waals surface area contributed by atoms with Gasteiger partial charge in [-0.15, -0.1) is 0 Å². The van der Waals surface area contributed by atoms with Crippen LogP contribution in [0, 0.1) is 17.8 Å². The van der Waals surface area contributed by atoms with Gasteiger partial charge in [-0.3, -0.25) is 14.4 Å². The smallest absolute Gasteiger partial charge is 0.460 e. The average molecular weight is 620 g/mol. The quantitative estimate of drug-likeness (QED) is 0.126.